The lowest BCUT2D eigenvalue weighted by molar-refractivity contribution is 0.306. The molecule has 3 heteroatoms. The Morgan fingerprint density at radius 3 is 2.60 bits per heavy atom. The first-order valence-corrected chi connectivity index (χ1v) is 8.92. The highest BCUT2D eigenvalue weighted by molar-refractivity contribution is 5.79. The van der Waals surface area contributed by atoms with Gasteiger partial charge in [0.15, 0.2) is 5.43 Å². The minimum absolute atomic E-state index is 0.0418. The van der Waals surface area contributed by atoms with Crippen molar-refractivity contribution < 1.29 is 9.15 Å². The van der Waals surface area contributed by atoms with Gasteiger partial charge in [-0.3, -0.25) is 4.79 Å². The monoisotopic (exact) mass is 336 g/mol. The van der Waals surface area contributed by atoms with Crippen molar-refractivity contribution in [2.45, 2.75) is 39.5 Å². The summed E-state index contributed by atoms with van der Waals surface area (Å²) in [4.78, 5) is 12.9. The van der Waals surface area contributed by atoms with Gasteiger partial charge in [-0.05, 0) is 31.0 Å². The number of benzene rings is 2. The van der Waals surface area contributed by atoms with Crippen LogP contribution in [0.25, 0.3) is 11.0 Å². The topological polar surface area (TPSA) is 39.4 Å². The first-order valence-electron chi connectivity index (χ1n) is 8.92. The number of fused-ring (bicyclic) bond motifs is 1. The molecule has 0 amide bonds. The highest BCUT2D eigenvalue weighted by Gasteiger charge is 2.12. The summed E-state index contributed by atoms with van der Waals surface area (Å²) in [6, 6.07) is 15.5. The summed E-state index contributed by atoms with van der Waals surface area (Å²) in [5, 5.41) is 0.609. The van der Waals surface area contributed by atoms with Gasteiger partial charge in [0, 0.05) is 18.1 Å². The maximum Gasteiger partial charge on any atom is 0.196 e. The fraction of sp³-hybridized carbons (Fsp3) is 0.318. The van der Waals surface area contributed by atoms with Gasteiger partial charge in [0.1, 0.15) is 17.1 Å². The summed E-state index contributed by atoms with van der Waals surface area (Å²) in [5.41, 5.74) is 2.45. The van der Waals surface area contributed by atoms with Crippen molar-refractivity contribution in [1.82, 2.24) is 0 Å². The van der Waals surface area contributed by atoms with Crippen LogP contribution in [0.4, 0.5) is 0 Å². The van der Waals surface area contributed by atoms with Crippen LogP contribution in [-0.4, -0.2) is 6.61 Å². The van der Waals surface area contributed by atoms with Gasteiger partial charge in [0.05, 0.1) is 12.0 Å². The lowest BCUT2D eigenvalue weighted by atomic mass is 10.0. The van der Waals surface area contributed by atoms with Gasteiger partial charge in [-0.1, -0.05) is 50.1 Å². The van der Waals surface area contributed by atoms with Crippen LogP contribution < -0.4 is 10.2 Å². The maximum atomic E-state index is 12.9. The van der Waals surface area contributed by atoms with Crippen LogP contribution >= 0.6 is 0 Å². The van der Waals surface area contributed by atoms with Gasteiger partial charge >= 0.3 is 0 Å². The second kappa shape index (κ2) is 8.02. The third-order valence-electron chi connectivity index (χ3n) is 4.40. The molecule has 1 heterocycles. The molecule has 0 radical (unpaired) electrons. The number of ether oxygens (including phenoxy) is 1. The number of hydrogen-bond acceptors (Lipinski definition) is 3. The summed E-state index contributed by atoms with van der Waals surface area (Å²) in [6.07, 6.45) is 3.94. The Morgan fingerprint density at radius 1 is 1.04 bits per heavy atom. The summed E-state index contributed by atoms with van der Waals surface area (Å²) >= 11 is 0. The lowest BCUT2D eigenvalue weighted by Crippen LogP contribution is -2.12. The van der Waals surface area contributed by atoms with Crippen LogP contribution in [0.5, 0.6) is 5.75 Å². The van der Waals surface area contributed by atoms with Crippen molar-refractivity contribution >= 4 is 11.0 Å². The maximum absolute atomic E-state index is 12.9. The van der Waals surface area contributed by atoms with Gasteiger partial charge in [0.25, 0.3) is 0 Å². The molecule has 0 bridgehead atoms. The minimum atomic E-state index is 0.0418. The zero-order valence-electron chi connectivity index (χ0n) is 14.9. The average molecular weight is 336 g/mol. The molecule has 0 saturated carbocycles. The summed E-state index contributed by atoms with van der Waals surface area (Å²) in [5.74, 6) is 1.42. The largest absolute Gasteiger partial charge is 0.493 e. The molecule has 130 valence electrons. The molecule has 1 aromatic heterocycles. The van der Waals surface area contributed by atoms with Crippen molar-refractivity contribution in [1.29, 1.82) is 0 Å². The second-order valence-electron chi connectivity index (χ2n) is 6.34. The molecule has 0 fully saturated rings. The molecule has 0 spiro atoms. The highest BCUT2D eigenvalue weighted by Crippen LogP contribution is 2.22. The van der Waals surface area contributed by atoms with E-state index in [4.69, 9.17) is 9.15 Å². The van der Waals surface area contributed by atoms with Crippen molar-refractivity contribution in [3.8, 4) is 5.75 Å². The third kappa shape index (κ3) is 4.11. The molecule has 0 N–H and O–H groups in total. The van der Waals surface area contributed by atoms with Crippen LogP contribution in [0.15, 0.2) is 57.7 Å². The molecular weight excluding hydrogens is 312 g/mol. The number of hydrogen-bond donors (Lipinski definition) is 0. The van der Waals surface area contributed by atoms with Crippen molar-refractivity contribution in [2.24, 2.45) is 0 Å². The van der Waals surface area contributed by atoms with E-state index >= 15 is 0 Å². The molecule has 2 aromatic carbocycles. The van der Waals surface area contributed by atoms with E-state index in [-0.39, 0.29) is 5.43 Å². The van der Waals surface area contributed by atoms with E-state index in [1.54, 1.807) is 0 Å². The molecule has 25 heavy (non-hydrogen) atoms. The minimum Gasteiger partial charge on any atom is -0.493 e. The normalized spacial score (nSPS) is 11.0. The van der Waals surface area contributed by atoms with E-state index in [0.717, 1.165) is 29.7 Å². The molecule has 0 aliphatic rings. The van der Waals surface area contributed by atoms with Crippen LogP contribution in [0.3, 0.4) is 0 Å². The van der Waals surface area contributed by atoms with Crippen LogP contribution in [0.2, 0.25) is 0 Å². The summed E-state index contributed by atoms with van der Waals surface area (Å²) in [7, 11) is 0. The van der Waals surface area contributed by atoms with Crippen LogP contribution in [0, 0.1) is 6.92 Å². The predicted molar refractivity (Wildman–Crippen MR) is 101 cm³/mol. The van der Waals surface area contributed by atoms with Gasteiger partial charge in [0.2, 0.25) is 0 Å². The fourth-order valence-corrected chi connectivity index (χ4v) is 2.96. The van der Waals surface area contributed by atoms with Crippen molar-refractivity contribution in [3.63, 3.8) is 0 Å². The predicted octanol–water partition coefficient (Wildman–Crippen LogP) is 5.26. The van der Waals surface area contributed by atoms with E-state index < -0.39 is 0 Å². The lowest BCUT2D eigenvalue weighted by Gasteiger charge is -2.09. The zero-order chi connectivity index (χ0) is 17.6. The Morgan fingerprint density at radius 2 is 1.84 bits per heavy atom. The Balaban J connectivity index is 1.88. The Kier molecular flexibility index (Phi) is 5.54. The van der Waals surface area contributed by atoms with E-state index in [2.05, 4.69) is 6.92 Å². The van der Waals surface area contributed by atoms with E-state index in [0.29, 0.717) is 29.8 Å². The van der Waals surface area contributed by atoms with Gasteiger partial charge in [-0.2, -0.15) is 0 Å². The molecule has 0 aliphatic heterocycles. The van der Waals surface area contributed by atoms with Gasteiger partial charge in [-0.25, -0.2) is 0 Å². The summed E-state index contributed by atoms with van der Waals surface area (Å²) < 4.78 is 11.7. The smallest absolute Gasteiger partial charge is 0.196 e. The molecule has 3 rings (SSSR count). The highest BCUT2D eigenvalue weighted by atomic mass is 16.5. The molecule has 0 aliphatic carbocycles. The standard InChI is InChI=1S/C22H24O3/c1-3-4-8-13-24-18-11-12-19-21(15-18)25-16(2)20(22(19)23)14-17-9-6-5-7-10-17/h5-7,9-12,15H,3-4,8,13-14H2,1-2H3. The first kappa shape index (κ1) is 17.3. The van der Waals surface area contributed by atoms with Gasteiger partial charge < -0.3 is 9.15 Å². The quantitative estimate of drug-likeness (QED) is 0.552. The second-order valence-corrected chi connectivity index (χ2v) is 6.34. The van der Waals surface area contributed by atoms with E-state index in [1.165, 1.54) is 6.42 Å². The molecule has 3 nitrogen and oxygen atoms in total. The molecule has 3 aromatic rings. The first-order chi connectivity index (χ1) is 12.2. The van der Waals surface area contributed by atoms with Crippen molar-refractivity contribution in [3.05, 3.63) is 75.6 Å². The Hall–Kier alpha value is -2.55. The molecular formula is C22H24O3. The molecule has 0 atom stereocenters. The molecule has 0 saturated heterocycles. The summed E-state index contributed by atoms with van der Waals surface area (Å²) in [6.45, 7) is 4.71. The number of rotatable bonds is 7. The third-order valence-corrected chi connectivity index (χ3v) is 4.40. The number of aryl methyl sites for hydroxylation is 1. The van der Waals surface area contributed by atoms with Gasteiger partial charge in [-0.15, -0.1) is 0 Å². The Bertz CT molecular complexity index is 894. The average Bonchev–Trinajstić information content (AvgIpc) is 2.63. The van der Waals surface area contributed by atoms with Crippen molar-refractivity contribution in [2.75, 3.05) is 6.61 Å². The van der Waals surface area contributed by atoms with Crippen LogP contribution in [-0.2, 0) is 6.42 Å². The van der Waals surface area contributed by atoms with E-state index in [1.807, 2.05) is 55.5 Å². The van der Waals surface area contributed by atoms with E-state index in [9.17, 15) is 4.79 Å². The fourth-order valence-electron chi connectivity index (χ4n) is 2.96. The molecule has 0 unspecified atom stereocenters. The van der Waals surface area contributed by atoms with Crippen LogP contribution in [0.1, 0.15) is 43.1 Å². The zero-order valence-corrected chi connectivity index (χ0v) is 14.9. The SMILES string of the molecule is CCCCCOc1ccc2c(=O)c(Cc3ccccc3)c(C)oc2c1. The Labute approximate surface area is 148 Å². The number of unbranched alkanes of at least 4 members (excludes halogenated alkanes) is 2.